The summed E-state index contributed by atoms with van der Waals surface area (Å²) in [6.07, 6.45) is 6.94. The summed E-state index contributed by atoms with van der Waals surface area (Å²) in [5, 5.41) is 0. The topological polar surface area (TPSA) is 18.5 Å². The average Bonchev–Trinajstić information content (AvgIpc) is 2.69. The Bertz CT molecular complexity index is 997. The molecular formula is C29H36O2. The third kappa shape index (κ3) is 5.12. The van der Waals surface area contributed by atoms with Crippen LogP contribution in [0, 0.1) is 5.41 Å². The van der Waals surface area contributed by atoms with Crippen LogP contribution in [0.5, 0.6) is 5.75 Å². The molecule has 0 unspecified atom stereocenters. The minimum Gasteiger partial charge on any atom is -0.462 e. The highest BCUT2D eigenvalue weighted by molar-refractivity contribution is 5.53. The minimum absolute atomic E-state index is 0.0486. The maximum absolute atomic E-state index is 6.36. The Balaban J connectivity index is 2.03. The Hall–Kier alpha value is -2.74. The summed E-state index contributed by atoms with van der Waals surface area (Å²) in [6, 6.07) is 16.9. The lowest BCUT2D eigenvalue weighted by Crippen LogP contribution is -2.31. The third-order valence-corrected chi connectivity index (χ3v) is 5.98. The van der Waals surface area contributed by atoms with E-state index >= 15 is 0 Å². The highest BCUT2D eigenvalue weighted by Gasteiger charge is 2.40. The normalized spacial score (nSPS) is 18.9. The molecule has 0 radical (unpaired) electrons. The van der Waals surface area contributed by atoms with Crippen molar-refractivity contribution in [1.29, 1.82) is 0 Å². The standard InChI is InChI=1S/C29H36O2/c1-21(27(2,3)4)31-26-20-30-25-17-16-23(28(5,6)7)19-24(25)29(26,8)18-12-15-22-13-10-9-11-14-22/h9-17,19-20H,1,18H2,2-8H3/b15-12+/t29-/m0/s1. The Kier molecular flexibility index (Phi) is 6.23. The van der Waals surface area contributed by atoms with E-state index in [1.165, 1.54) is 11.1 Å². The van der Waals surface area contributed by atoms with Gasteiger partial charge in [0.25, 0.3) is 0 Å². The molecular weight excluding hydrogens is 380 g/mol. The molecule has 3 rings (SSSR count). The van der Waals surface area contributed by atoms with Crippen LogP contribution in [-0.2, 0) is 15.6 Å². The van der Waals surface area contributed by atoms with Crippen molar-refractivity contribution in [3.8, 4) is 5.75 Å². The Morgan fingerprint density at radius 3 is 2.32 bits per heavy atom. The number of rotatable bonds is 5. The number of benzene rings is 2. The molecule has 0 N–H and O–H groups in total. The zero-order valence-electron chi connectivity index (χ0n) is 20.1. The first kappa shape index (κ1) is 22.9. The summed E-state index contributed by atoms with van der Waals surface area (Å²) >= 11 is 0. The smallest absolute Gasteiger partial charge is 0.149 e. The molecule has 2 aromatic rings. The molecule has 0 spiro atoms. The van der Waals surface area contributed by atoms with Gasteiger partial charge in [-0.25, -0.2) is 0 Å². The minimum atomic E-state index is -0.367. The SMILES string of the molecule is C=C(OC1=COc2ccc(C(C)(C)C)cc2[C@]1(C)C/C=C/c1ccccc1)C(C)(C)C. The van der Waals surface area contributed by atoms with Crippen molar-refractivity contribution in [2.75, 3.05) is 0 Å². The van der Waals surface area contributed by atoms with Crippen LogP contribution in [-0.4, -0.2) is 0 Å². The molecule has 1 aliphatic heterocycles. The zero-order chi connectivity index (χ0) is 22.9. The number of hydrogen-bond donors (Lipinski definition) is 0. The molecule has 2 nitrogen and oxygen atoms in total. The molecule has 2 heteroatoms. The van der Waals surface area contributed by atoms with Gasteiger partial charge in [-0.05, 0) is 36.0 Å². The molecule has 164 valence electrons. The van der Waals surface area contributed by atoms with E-state index in [2.05, 4.69) is 110 Å². The van der Waals surface area contributed by atoms with Crippen LogP contribution < -0.4 is 4.74 Å². The van der Waals surface area contributed by atoms with Gasteiger partial charge in [0, 0.05) is 11.0 Å². The molecule has 0 bridgehead atoms. The van der Waals surface area contributed by atoms with E-state index in [0.29, 0.717) is 0 Å². The van der Waals surface area contributed by atoms with Crippen LogP contribution in [0.25, 0.3) is 6.08 Å². The van der Waals surface area contributed by atoms with Crippen molar-refractivity contribution in [3.63, 3.8) is 0 Å². The van der Waals surface area contributed by atoms with Crippen LogP contribution in [0.2, 0.25) is 0 Å². The molecule has 0 aromatic heterocycles. The van der Waals surface area contributed by atoms with Crippen molar-refractivity contribution in [2.24, 2.45) is 5.41 Å². The summed E-state index contributed by atoms with van der Waals surface area (Å²) in [7, 11) is 0. The van der Waals surface area contributed by atoms with Gasteiger partial charge in [0.1, 0.15) is 23.5 Å². The largest absolute Gasteiger partial charge is 0.462 e. The van der Waals surface area contributed by atoms with E-state index in [1.54, 1.807) is 6.26 Å². The molecule has 1 atom stereocenters. The van der Waals surface area contributed by atoms with Gasteiger partial charge >= 0.3 is 0 Å². The molecule has 0 fully saturated rings. The van der Waals surface area contributed by atoms with Crippen molar-refractivity contribution in [3.05, 3.63) is 95.7 Å². The molecule has 1 heterocycles. The van der Waals surface area contributed by atoms with Crippen LogP contribution in [0.3, 0.4) is 0 Å². The molecule has 0 saturated carbocycles. The van der Waals surface area contributed by atoms with Crippen LogP contribution in [0.4, 0.5) is 0 Å². The number of ether oxygens (including phenoxy) is 2. The fourth-order valence-corrected chi connectivity index (χ4v) is 3.54. The fourth-order valence-electron chi connectivity index (χ4n) is 3.54. The molecule has 31 heavy (non-hydrogen) atoms. The second kappa shape index (κ2) is 8.42. The van der Waals surface area contributed by atoms with E-state index in [4.69, 9.17) is 9.47 Å². The summed E-state index contributed by atoms with van der Waals surface area (Å²) in [4.78, 5) is 0. The fraction of sp³-hybridized carbons (Fsp3) is 0.379. The average molecular weight is 417 g/mol. The van der Waals surface area contributed by atoms with E-state index in [9.17, 15) is 0 Å². The van der Waals surface area contributed by atoms with E-state index in [0.717, 1.165) is 29.3 Å². The van der Waals surface area contributed by atoms with Crippen molar-refractivity contribution < 1.29 is 9.47 Å². The van der Waals surface area contributed by atoms with Crippen molar-refractivity contribution in [2.45, 2.75) is 65.7 Å². The maximum atomic E-state index is 6.36. The maximum Gasteiger partial charge on any atom is 0.149 e. The van der Waals surface area contributed by atoms with Gasteiger partial charge in [0.15, 0.2) is 0 Å². The van der Waals surface area contributed by atoms with Gasteiger partial charge in [0.05, 0.1) is 5.41 Å². The van der Waals surface area contributed by atoms with Gasteiger partial charge in [0.2, 0.25) is 0 Å². The van der Waals surface area contributed by atoms with Crippen LogP contribution >= 0.6 is 0 Å². The number of fused-ring (bicyclic) bond motifs is 1. The first-order chi connectivity index (χ1) is 14.4. The highest BCUT2D eigenvalue weighted by atomic mass is 16.5. The predicted molar refractivity (Wildman–Crippen MR) is 131 cm³/mol. The summed E-state index contributed by atoms with van der Waals surface area (Å²) in [5.41, 5.74) is 3.14. The monoisotopic (exact) mass is 416 g/mol. The van der Waals surface area contributed by atoms with Crippen LogP contribution in [0.15, 0.2) is 79.0 Å². The first-order valence-electron chi connectivity index (χ1n) is 11.0. The lowest BCUT2D eigenvalue weighted by atomic mass is 9.74. The molecule has 0 aliphatic carbocycles. The molecule has 0 saturated heterocycles. The summed E-state index contributed by atoms with van der Waals surface area (Å²) < 4.78 is 12.4. The zero-order valence-corrected chi connectivity index (χ0v) is 20.1. The Labute approximate surface area is 188 Å². The number of allylic oxidation sites excluding steroid dienone is 3. The van der Waals surface area contributed by atoms with Crippen molar-refractivity contribution in [1.82, 2.24) is 0 Å². The second-order valence-electron chi connectivity index (χ2n) is 10.7. The number of hydrogen-bond acceptors (Lipinski definition) is 2. The van der Waals surface area contributed by atoms with Gasteiger partial charge in [-0.3, -0.25) is 0 Å². The quantitative estimate of drug-likeness (QED) is 0.458. The first-order valence-corrected chi connectivity index (χ1v) is 11.0. The van der Waals surface area contributed by atoms with Gasteiger partial charge in [-0.2, -0.15) is 0 Å². The van der Waals surface area contributed by atoms with E-state index < -0.39 is 0 Å². The van der Waals surface area contributed by atoms with Gasteiger partial charge in [-0.1, -0.05) is 103 Å². The highest BCUT2D eigenvalue weighted by Crippen LogP contribution is 2.47. The van der Waals surface area contributed by atoms with E-state index in [1.807, 2.05) is 6.07 Å². The predicted octanol–water partition coefficient (Wildman–Crippen LogP) is 8.16. The Morgan fingerprint density at radius 1 is 1.03 bits per heavy atom. The summed E-state index contributed by atoms with van der Waals surface area (Å²) in [5.74, 6) is 2.41. The second-order valence-corrected chi connectivity index (χ2v) is 10.7. The third-order valence-electron chi connectivity index (χ3n) is 5.98. The summed E-state index contributed by atoms with van der Waals surface area (Å²) in [6.45, 7) is 19.5. The molecule has 1 aliphatic rings. The lowest BCUT2D eigenvalue weighted by molar-refractivity contribution is 0.163. The lowest BCUT2D eigenvalue weighted by Gasteiger charge is -2.38. The molecule has 2 aromatic carbocycles. The Morgan fingerprint density at radius 2 is 1.71 bits per heavy atom. The van der Waals surface area contributed by atoms with Gasteiger partial charge in [-0.15, -0.1) is 0 Å². The van der Waals surface area contributed by atoms with Crippen molar-refractivity contribution >= 4 is 6.08 Å². The van der Waals surface area contributed by atoms with Crippen LogP contribution in [0.1, 0.15) is 71.6 Å². The molecule has 0 amide bonds. The van der Waals surface area contributed by atoms with Gasteiger partial charge < -0.3 is 9.47 Å². The van der Waals surface area contributed by atoms with E-state index in [-0.39, 0.29) is 16.2 Å².